The van der Waals surface area contributed by atoms with Gasteiger partial charge in [0.2, 0.25) is 5.82 Å². The van der Waals surface area contributed by atoms with E-state index in [0.717, 1.165) is 12.5 Å². The number of para-hydroxylation sites is 1. The molecule has 0 heterocycles. The minimum absolute atomic E-state index is 0.218. The summed E-state index contributed by atoms with van der Waals surface area (Å²) in [6, 6.07) is 8.65. The maximum absolute atomic E-state index is 13.6. The van der Waals surface area contributed by atoms with E-state index >= 15 is 0 Å². The highest BCUT2D eigenvalue weighted by atomic mass is 19.2. The summed E-state index contributed by atoms with van der Waals surface area (Å²) in [7, 11) is 0. The summed E-state index contributed by atoms with van der Waals surface area (Å²) < 4.78 is 37.4. The summed E-state index contributed by atoms with van der Waals surface area (Å²) in [5, 5.41) is 0. The maximum Gasteiger partial charge on any atom is 0.201 e. The van der Waals surface area contributed by atoms with Crippen LogP contribution in [0, 0.1) is 11.6 Å². The van der Waals surface area contributed by atoms with E-state index < -0.39 is 11.6 Å². The first-order valence-corrected chi connectivity index (χ1v) is 6.26. The zero-order chi connectivity index (χ0) is 14.5. The standard InChI is InChI=1S/C15H15F2NO2/c1-2-9-19-12-7-4-8-13(15(12)18)20-11-6-3-5-10(16)14(11)17/h3-8H,2,9,18H2,1H3. The maximum atomic E-state index is 13.6. The molecule has 0 saturated carbocycles. The van der Waals surface area contributed by atoms with Gasteiger partial charge in [-0.1, -0.05) is 19.1 Å². The highest BCUT2D eigenvalue weighted by molar-refractivity contribution is 5.63. The highest BCUT2D eigenvalue weighted by Gasteiger charge is 2.13. The minimum Gasteiger partial charge on any atom is -0.491 e. The van der Waals surface area contributed by atoms with E-state index in [0.29, 0.717) is 12.4 Å². The Labute approximate surface area is 115 Å². The Kier molecular flexibility index (Phi) is 4.40. The first-order chi connectivity index (χ1) is 9.63. The predicted octanol–water partition coefficient (Wildman–Crippen LogP) is 4.13. The molecule has 0 unspecified atom stereocenters. The zero-order valence-corrected chi connectivity index (χ0v) is 11.0. The third-order valence-electron chi connectivity index (χ3n) is 2.62. The monoisotopic (exact) mass is 279 g/mol. The fourth-order valence-electron chi connectivity index (χ4n) is 1.63. The van der Waals surface area contributed by atoms with E-state index in [2.05, 4.69) is 0 Å². The van der Waals surface area contributed by atoms with Gasteiger partial charge >= 0.3 is 0 Å². The lowest BCUT2D eigenvalue weighted by Crippen LogP contribution is -2.01. The van der Waals surface area contributed by atoms with Crippen LogP contribution in [0.5, 0.6) is 17.2 Å². The molecule has 0 spiro atoms. The summed E-state index contributed by atoms with van der Waals surface area (Å²) in [5.74, 6) is -1.56. The third kappa shape index (κ3) is 2.99. The molecular formula is C15H15F2NO2. The Bertz CT molecular complexity index is 602. The molecule has 2 aromatic carbocycles. The van der Waals surface area contributed by atoms with Crippen molar-refractivity contribution in [3.05, 3.63) is 48.0 Å². The van der Waals surface area contributed by atoms with Crippen LogP contribution in [0.25, 0.3) is 0 Å². The smallest absolute Gasteiger partial charge is 0.201 e. The predicted molar refractivity (Wildman–Crippen MR) is 73.1 cm³/mol. The second kappa shape index (κ2) is 6.23. The molecule has 0 atom stereocenters. The van der Waals surface area contributed by atoms with Gasteiger partial charge in [0.1, 0.15) is 11.4 Å². The second-order valence-corrected chi connectivity index (χ2v) is 4.17. The number of hydrogen-bond donors (Lipinski definition) is 1. The Balaban J connectivity index is 2.27. The van der Waals surface area contributed by atoms with Gasteiger partial charge in [-0.25, -0.2) is 4.39 Å². The molecule has 0 aliphatic heterocycles. The molecule has 2 N–H and O–H groups in total. The van der Waals surface area contributed by atoms with Crippen LogP contribution in [0.2, 0.25) is 0 Å². The molecule has 3 nitrogen and oxygen atoms in total. The van der Waals surface area contributed by atoms with Gasteiger partial charge in [-0.2, -0.15) is 4.39 Å². The van der Waals surface area contributed by atoms with Crippen molar-refractivity contribution in [3.8, 4) is 17.2 Å². The largest absolute Gasteiger partial charge is 0.491 e. The van der Waals surface area contributed by atoms with Gasteiger partial charge in [0.05, 0.1) is 6.61 Å². The van der Waals surface area contributed by atoms with Gasteiger partial charge in [-0.15, -0.1) is 0 Å². The van der Waals surface area contributed by atoms with Crippen LogP contribution in [-0.2, 0) is 0 Å². The Hall–Kier alpha value is -2.30. The van der Waals surface area contributed by atoms with Gasteiger partial charge in [0.15, 0.2) is 17.3 Å². The van der Waals surface area contributed by atoms with Crippen molar-refractivity contribution < 1.29 is 18.3 Å². The van der Waals surface area contributed by atoms with Crippen molar-refractivity contribution in [1.82, 2.24) is 0 Å². The molecule has 0 saturated heterocycles. The molecule has 0 aliphatic carbocycles. The Morgan fingerprint density at radius 2 is 1.65 bits per heavy atom. The van der Waals surface area contributed by atoms with Gasteiger partial charge < -0.3 is 15.2 Å². The number of anilines is 1. The van der Waals surface area contributed by atoms with Crippen LogP contribution in [0.3, 0.4) is 0 Å². The molecule has 0 amide bonds. The topological polar surface area (TPSA) is 44.5 Å². The van der Waals surface area contributed by atoms with E-state index in [4.69, 9.17) is 15.2 Å². The molecule has 0 aliphatic rings. The van der Waals surface area contributed by atoms with E-state index in [1.54, 1.807) is 18.2 Å². The van der Waals surface area contributed by atoms with Crippen molar-refractivity contribution in [3.63, 3.8) is 0 Å². The third-order valence-corrected chi connectivity index (χ3v) is 2.62. The molecule has 0 aromatic heterocycles. The van der Waals surface area contributed by atoms with Crippen LogP contribution in [0.4, 0.5) is 14.5 Å². The average molecular weight is 279 g/mol. The molecule has 5 heteroatoms. The highest BCUT2D eigenvalue weighted by Crippen LogP contribution is 2.35. The lowest BCUT2D eigenvalue weighted by atomic mass is 10.2. The fourth-order valence-corrected chi connectivity index (χ4v) is 1.63. The number of nitrogens with two attached hydrogens (primary N) is 1. The van der Waals surface area contributed by atoms with Crippen LogP contribution in [0.1, 0.15) is 13.3 Å². The minimum atomic E-state index is -1.05. The van der Waals surface area contributed by atoms with E-state index in [9.17, 15) is 8.78 Å². The quantitative estimate of drug-likeness (QED) is 0.837. The normalized spacial score (nSPS) is 10.3. The van der Waals surface area contributed by atoms with E-state index in [1.807, 2.05) is 6.92 Å². The molecule has 2 rings (SSSR count). The SMILES string of the molecule is CCCOc1cccc(Oc2cccc(F)c2F)c1N. The zero-order valence-electron chi connectivity index (χ0n) is 11.0. The number of halogens is 2. The second-order valence-electron chi connectivity index (χ2n) is 4.17. The van der Waals surface area contributed by atoms with Crippen molar-refractivity contribution >= 4 is 5.69 Å². The summed E-state index contributed by atoms with van der Waals surface area (Å²) in [6.07, 6.45) is 0.836. The number of rotatable bonds is 5. The molecule has 2 aromatic rings. The summed E-state index contributed by atoms with van der Waals surface area (Å²) in [4.78, 5) is 0. The Morgan fingerprint density at radius 1 is 1.00 bits per heavy atom. The van der Waals surface area contributed by atoms with Gasteiger partial charge in [0.25, 0.3) is 0 Å². The Morgan fingerprint density at radius 3 is 2.40 bits per heavy atom. The first-order valence-electron chi connectivity index (χ1n) is 6.26. The lowest BCUT2D eigenvalue weighted by molar-refractivity contribution is 0.317. The molecular weight excluding hydrogens is 264 g/mol. The lowest BCUT2D eigenvalue weighted by Gasteiger charge is -2.13. The van der Waals surface area contributed by atoms with Crippen LogP contribution >= 0.6 is 0 Å². The molecule has 20 heavy (non-hydrogen) atoms. The van der Waals surface area contributed by atoms with E-state index in [1.165, 1.54) is 12.1 Å². The number of ether oxygens (including phenoxy) is 2. The molecule has 106 valence electrons. The summed E-state index contributed by atoms with van der Waals surface area (Å²) >= 11 is 0. The summed E-state index contributed by atoms with van der Waals surface area (Å²) in [5.41, 5.74) is 6.15. The van der Waals surface area contributed by atoms with Gasteiger partial charge in [0, 0.05) is 0 Å². The van der Waals surface area contributed by atoms with Crippen molar-refractivity contribution in [1.29, 1.82) is 0 Å². The van der Waals surface area contributed by atoms with Crippen LogP contribution in [-0.4, -0.2) is 6.61 Å². The fraction of sp³-hybridized carbons (Fsp3) is 0.200. The molecule has 0 fully saturated rings. The van der Waals surface area contributed by atoms with Crippen LogP contribution < -0.4 is 15.2 Å². The van der Waals surface area contributed by atoms with Crippen LogP contribution in [0.15, 0.2) is 36.4 Å². The summed E-state index contributed by atoms with van der Waals surface area (Å²) in [6.45, 7) is 2.49. The van der Waals surface area contributed by atoms with Gasteiger partial charge in [-0.3, -0.25) is 0 Å². The van der Waals surface area contributed by atoms with Crippen molar-refractivity contribution in [2.75, 3.05) is 12.3 Å². The number of nitrogen functional groups attached to an aromatic ring is 1. The van der Waals surface area contributed by atoms with E-state index in [-0.39, 0.29) is 17.2 Å². The van der Waals surface area contributed by atoms with Gasteiger partial charge in [-0.05, 0) is 30.7 Å². The first kappa shape index (κ1) is 14.1. The van der Waals surface area contributed by atoms with Crippen molar-refractivity contribution in [2.45, 2.75) is 13.3 Å². The number of hydrogen-bond acceptors (Lipinski definition) is 3. The molecule has 0 bridgehead atoms. The average Bonchev–Trinajstić information content (AvgIpc) is 2.44. The molecule has 0 radical (unpaired) electrons. The van der Waals surface area contributed by atoms with Crippen molar-refractivity contribution in [2.24, 2.45) is 0 Å². The number of benzene rings is 2.